The van der Waals surface area contributed by atoms with Gasteiger partial charge in [0.2, 0.25) is 0 Å². The van der Waals surface area contributed by atoms with Crippen LogP contribution >= 0.6 is 11.6 Å². The number of aliphatic hydroxyl groups excluding tert-OH is 1. The highest BCUT2D eigenvalue weighted by molar-refractivity contribution is 6.31. The van der Waals surface area contributed by atoms with E-state index >= 15 is 0 Å². The molecule has 5 heteroatoms. The molecular weight excluding hydrogens is 262 g/mol. The van der Waals surface area contributed by atoms with E-state index in [4.69, 9.17) is 11.6 Å². The Morgan fingerprint density at radius 1 is 1.37 bits per heavy atom. The molecule has 1 rings (SSSR count). The minimum absolute atomic E-state index is 0.171. The van der Waals surface area contributed by atoms with Crippen molar-refractivity contribution in [3.63, 3.8) is 0 Å². The van der Waals surface area contributed by atoms with Gasteiger partial charge in [-0.15, -0.1) is 0 Å². The lowest BCUT2D eigenvalue weighted by atomic mass is 9.92. The molecule has 110 valence electrons. The number of rotatable bonds is 6. The minimum atomic E-state index is -0.676. The first-order chi connectivity index (χ1) is 8.77. The molecule has 0 aliphatic heterocycles. The number of likely N-dealkylation sites (N-methyl/N-ethyl adjacent to an activating group) is 1. The summed E-state index contributed by atoms with van der Waals surface area (Å²) in [4.78, 5) is 2.23. The minimum Gasteiger partial charge on any atom is -0.385 e. The van der Waals surface area contributed by atoms with Crippen LogP contribution in [0.4, 0.5) is 0 Å². The summed E-state index contributed by atoms with van der Waals surface area (Å²) >= 11 is 6.22. The predicted octanol–water partition coefficient (Wildman–Crippen LogP) is 3.27. The standard InChI is InChI=1S/C14H26ClN3O/c1-7-17(8-2)14(5,6)13(19)12-11(15)9-16-18(12)10(3)4/h9-10,13,19H,7-8H2,1-6H3. The normalized spacial score (nSPS) is 14.4. The van der Waals surface area contributed by atoms with E-state index in [9.17, 15) is 5.11 Å². The molecule has 0 bridgehead atoms. The van der Waals surface area contributed by atoms with Crippen molar-refractivity contribution in [3.05, 3.63) is 16.9 Å². The summed E-state index contributed by atoms with van der Waals surface area (Å²) in [6, 6.07) is 0.171. The molecular formula is C14H26ClN3O. The molecule has 0 spiro atoms. The van der Waals surface area contributed by atoms with Crippen LogP contribution < -0.4 is 0 Å². The Labute approximate surface area is 121 Å². The van der Waals surface area contributed by atoms with Crippen molar-refractivity contribution in [1.82, 2.24) is 14.7 Å². The second-order valence-corrected chi connectivity index (χ2v) is 6.05. The van der Waals surface area contributed by atoms with Crippen molar-refractivity contribution < 1.29 is 5.11 Å². The Balaban J connectivity index is 3.18. The highest BCUT2D eigenvalue weighted by atomic mass is 35.5. The van der Waals surface area contributed by atoms with Crippen molar-refractivity contribution in [2.24, 2.45) is 0 Å². The van der Waals surface area contributed by atoms with Crippen molar-refractivity contribution in [1.29, 1.82) is 0 Å². The third kappa shape index (κ3) is 3.12. The molecule has 0 radical (unpaired) electrons. The van der Waals surface area contributed by atoms with Crippen LogP contribution in [0.5, 0.6) is 0 Å². The maximum atomic E-state index is 10.8. The van der Waals surface area contributed by atoms with Gasteiger partial charge in [0.05, 0.1) is 16.9 Å². The summed E-state index contributed by atoms with van der Waals surface area (Å²) in [5.41, 5.74) is 0.313. The molecule has 0 saturated heterocycles. The number of nitrogens with zero attached hydrogens (tertiary/aromatic N) is 3. The third-order valence-electron chi connectivity index (χ3n) is 3.78. The maximum Gasteiger partial charge on any atom is 0.115 e. The molecule has 0 aliphatic carbocycles. The van der Waals surface area contributed by atoms with Crippen molar-refractivity contribution >= 4 is 11.6 Å². The molecule has 0 fully saturated rings. The first-order valence-corrected chi connectivity index (χ1v) is 7.31. The molecule has 1 N–H and O–H groups in total. The highest BCUT2D eigenvalue weighted by Gasteiger charge is 2.37. The summed E-state index contributed by atoms with van der Waals surface area (Å²) in [7, 11) is 0. The Morgan fingerprint density at radius 2 is 1.89 bits per heavy atom. The van der Waals surface area contributed by atoms with Gasteiger partial charge >= 0.3 is 0 Å². The van der Waals surface area contributed by atoms with Gasteiger partial charge in [0, 0.05) is 11.6 Å². The van der Waals surface area contributed by atoms with Crippen LogP contribution in [0.2, 0.25) is 5.02 Å². The average molecular weight is 288 g/mol. The molecule has 0 aromatic carbocycles. The number of halogens is 1. The second-order valence-electron chi connectivity index (χ2n) is 5.64. The van der Waals surface area contributed by atoms with Crippen LogP contribution in [-0.2, 0) is 0 Å². The zero-order chi connectivity index (χ0) is 14.8. The number of hydrogen-bond acceptors (Lipinski definition) is 3. The van der Waals surface area contributed by atoms with Gasteiger partial charge in [-0.1, -0.05) is 25.4 Å². The number of aromatic nitrogens is 2. The first kappa shape index (κ1) is 16.5. The predicted molar refractivity (Wildman–Crippen MR) is 79.6 cm³/mol. The van der Waals surface area contributed by atoms with Gasteiger partial charge in [-0.05, 0) is 40.8 Å². The Bertz CT molecular complexity index is 411. The van der Waals surface area contributed by atoms with Crippen LogP contribution in [0.25, 0.3) is 0 Å². The molecule has 1 aromatic heterocycles. The van der Waals surface area contributed by atoms with Gasteiger partial charge in [0.1, 0.15) is 6.10 Å². The van der Waals surface area contributed by atoms with E-state index in [1.165, 1.54) is 0 Å². The average Bonchev–Trinajstić information content (AvgIpc) is 2.71. The van der Waals surface area contributed by atoms with E-state index in [1.54, 1.807) is 10.9 Å². The SMILES string of the molecule is CCN(CC)C(C)(C)C(O)c1c(Cl)cnn1C(C)C. The van der Waals surface area contributed by atoms with Gasteiger partial charge in [-0.3, -0.25) is 9.58 Å². The van der Waals surface area contributed by atoms with E-state index in [0.29, 0.717) is 10.7 Å². The second kappa shape index (κ2) is 6.25. The van der Waals surface area contributed by atoms with E-state index < -0.39 is 6.10 Å². The third-order valence-corrected chi connectivity index (χ3v) is 4.07. The molecule has 0 saturated carbocycles. The molecule has 1 atom stereocenters. The fourth-order valence-electron chi connectivity index (χ4n) is 2.56. The maximum absolute atomic E-state index is 10.8. The summed E-state index contributed by atoms with van der Waals surface area (Å²) in [5.74, 6) is 0. The van der Waals surface area contributed by atoms with Crippen LogP contribution in [0, 0.1) is 0 Å². The first-order valence-electron chi connectivity index (χ1n) is 6.93. The molecule has 1 aromatic rings. The number of hydrogen-bond donors (Lipinski definition) is 1. The van der Waals surface area contributed by atoms with E-state index in [-0.39, 0.29) is 11.6 Å². The van der Waals surface area contributed by atoms with Crippen molar-refractivity contribution in [3.8, 4) is 0 Å². The molecule has 1 unspecified atom stereocenters. The van der Waals surface area contributed by atoms with Crippen molar-refractivity contribution in [2.75, 3.05) is 13.1 Å². The van der Waals surface area contributed by atoms with Gasteiger partial charge in [0.15, 0.2) is 0 Å². The van der Waals surface area contributed by atoms with Crippen LogP contribution in [0.1, 0.15) is 59.4 Å². The smallest absolute Gasteiger partial charge is 0.115 e. The number of aliphatic hydroxyl groups is 1. The van der Waals surface area contributed by atoms with Crippen LogP contribution in [0.15, 0.2) is 6.20 Å². The summed E-state index contributed by atoms with van der Waals surface area (Å²) in [6.45, 7) is 14.1. The summed E-state index contributed by atoms with van der Waals surface area (Å²) in [6.07, 6.45) is 0.933. The van der Waals surface area contributed by atoms with E-state index in [1.807, 2.05) is 27.7 Å². The Hall–Kier alpha value is -0.580. The molecule has 0 aliphatic rings. The lowest BCUT2D eigenvalue weighted by Gasteiger charge is -2.41. The van der Waals surface area contributed by atoms with Crippen LogP contribution in [-0.4, -0.2) is 38.4 Å². The Kier molecular flexibility index (Phi) is 5.42. The zero-order valence-corrected chi connectivity index (χ0v) is 13.6. The van der Waals surface area contributed by atoms with Gasteiger partial charge in [0.25, 0.3) is 0 Å². The molecule has 4 nitrogen and oxygen atoms in total. The summed E-state index contributed by atoms with van der Waals surface area (Å²) < 4.78 is 1.80. The van der Waals surface area contributed by atoms with E-state index in [2.05, 4.69) is 23.8 Å². The van der Waals surface area contributed by atoms with Gasteiger partial charge < -0.3 is 5.11 Å². The highest BCUT2D eigenvalue weighted by Crippen LogP contribution is 2.35. The van der Waals surface area contributed by atoms with Crippen LogP contribution in [0.3, 0.4) is 0 Å². The Morgan fingerprint density at radius 3 is 2.32 bits per heavy atom. The van der Waals surface area contributed by atoms with Gasteiger partial charge in [-0.2, -0.15) is 5.10 Å². The fraction of sp³-hybridized carbons (Fsp3) is 0.786. The van der Waals surface area contributed by atoms with Crippen molar-refractivity contribution in [2.45, 2.75) is 59.2 Å². The molecule has 19 heavy (non-hydrogen) atoms. The molecule has 0 amide bonds. The lowest BCUT2D eigenvalue weighted by molar-refractivity contribution is -0.0116. The lowest BCUT2D eigenvalue weighted by Crippen LogP contribution is -2.48. The quantitative estimate of drug-likeness (QED) is 0.873. The fourth-order valence-corrected chi connectivity index (χ4v) is 2.80. The molecule has 1 heterocycles. The monoisotopic (exact) mass is 287 g/mol. The van der Waals surface area contributed by atoms with E-state index in [0.717, 1.165) is 13.1 Å². The zero-order valence-electron chi connectivity index (χ0n) is 12.8. The topological polar surface area (TPSA) is 41.3 Å². The van der Waals surface area contributed by atoms with Gasteiger partial charge in [-0.25, -0.2) is 0 Å². The largest absolute Gasteiger partial charge is 0.385 e. The summed E-state index contributed by atoms with van der Waals surface area (Å²) in [5, 5.41) is 15.6.